The van der Waals surface area contributed by atoms with E-state index in [1.165, 1.54) is 0 Å². The van der Waals surface area contributed by atoms with Crippen molar-refractivity contribution in [2.45, 2.75) is 13.0 Å². The van der Waals surface area contributed by atoms with Gasteiger partial charge >= 0.3 is 0 Å². The molecule has 0 spiro atoms. The minimum Gasteiger partial charge on any atom is -0.418 e. The molecule has 1 unspecified atom stereocenters. The van der Waals surface area contributed by atoms with E-state index < -0.39 is 6.10 Å². The van der Waals surface area contributed by atoms with Gasteiger partial charge in [-0.1, -0.05) is 15.9 Å². The van der Waals surface area contributed by atoms with Crippen LogP contribution in [0, 0.1) is 0 Å². The normalized spacial score (nSPS) is 12.7. The highest BCUT2D eigenvalue weighted by Gasteiger charge is 2.11. The fraction of sp³-hybridized carbons (Fsp3) is 0.200. The van der Waals surface area contributed by atoms with Crippen LogP contribution in [0.3, 0.4) is 0 Å². The second-order valence-electron chi connectivity index (χ2n) is 3.13. The van der Waals surface area contributed by atoms with Gasteiger partial charge in [0, 0.05) is 10.0 Å². The summed E-state index contributed by atoms with van der Waals surface area (Å²) in [5, 5.41) is 16.8. The molecule has 78 valence electrons. The van der Waals surface area contributed by atoms with E-state index in [4.69, 9.17) is 4.42 Å². The summed E-state index contributed by atoms with van der Waals surface area (Å²) in [5.74, 6) is 0.645. The van der Waals surface area contributed by atoms with Crippen LogP contribution in [0.25, 0.3) is 11.5 Å². The van der Waals surface area contributed by atoms with Gasteiger partial charge in [-0.05, 0) is 31.2 Å². The van der Waals surface area contributed by atoms with Crippen molar-refractivity contribution >= 4 is 15.9 Å². The molecule has 0 aliphatic rings. The van der Waals surface area contributed by atoms with E-state index in [1.807, 2.05) is 24.3 Å². The molecule has 0 aliphatic heterocycles. The van der Waals surface area contributed by atoms with Gasteiger partial charge in [-0.15, -0.1) is 10.2 Å². The lowest BCUT2D eigenvalue weighted by Gasteiger charge is -1.95. The Kier molecular flexibility index (Phi) is 2.83. The third-order valence-corrected chi connectivity index (χ3v) is 2.42. The monoisotopic (exact) mass is 268 g/mol. The van der Waals surface area contributed by atoms with E-state index in [0.717, 1.165) is 10.0 Å². The predicted octanol–water partition coefficient (Wildman–Crippen LogP) is 2.55. The van der Waals surface area contributed by atoms with Gasteiger partial charge < -0.3 is 9.52 Å². The third-order valence-electron chi connectivity index (χ3n) is 1.89. The fourth-order valence-electron chi connectivity index (χ4n) is 1.11. The molecule has 15 heavy (non-hydrogen) atoms. The molecule has 0 fully saturated rings. The standard InChI is InChI=1S/C10H9BrN2O2/c1-6(14)9-12-13-10(15-9)7-2-4-8(11)5-3-7/h2-6,14H,1H3. The first kappa shape index (κ1) is 10.3. The SMILES string of the molecule is CC(O)c1nnc(-c2ccc(Br)cc2)o1. The minimum atomic E-state index is -0.735. The Labute approximate surface area is 95.1 Å². The maximum atomic E-state index is 9.22. The summed E-state index contributed by atoms with van der Waals surface area (Å²) in [6, 6.07) is 7.51. The maximum absolute atomic E-state index is 9.22. The summed E-state index contributed by atoms with van der Waals surface area (Å²) in [7, 11) is 0. The van der Waals surface area contributed by atoms with Gasteiger partial charge in [0.25, 0.3) is 0 Å². The quantitative estimate of drug-likeness (QED) is 0.910. The number of nitrogens with zero attached hydrogens (tertiary/aromatic N) is 2. The molecular weight excluding hydrogens is 260 g/mol. The zero-order valence-electron chi connectivity index (χ0n) is 8.01. The van der Waals surface area contributed by atoms with Crippen LogP contribution in [0.2, 0.25) is 0 Å². The first-order valence-electron chi connectivity index (χ1n) is 4.44. The Bertz CT molecular complexity index is 451. The number of halogens is 1. The zero-order valence-corrected chi connectivity index (χ0v) is 9.60. The number of hydrogen-bond donors (Lipinski definition) is 1. The number of aromatic nitrogens is 2. The van der Waals surface area contributed by atoms with Crippen LogP contribution in [0.1, 0.15) is 18.9 Å². The molecule has 1 atom stereocenters. The number of rotatable bonds is 2. The summed E-state index contributed by atoms with van der Waals surface area (Å²) in [5.41, 5.74) is 0.831. The van der Waals surface area contributed by atoms with Gasteiger partial charge in [-0.25, -0.2) is 0 Å². The molecule has 4 nitrogen and oxygen atoms in total. The number of aliphatic hydroxyl groups is 1. The van der Waals surface area contributed by atoms with Gasteiger partial charge in [0.2, 0.25) is 11.8 Å². The van der Waals surface area contributed by atoms with E-state index in [0.29, 0.717) is 5.89 Å². The largest absolute Gasteiger partial charge is 0.418 e. The van der Waals surface area contributed by atoms with Crippen LogP contribution in [0.5, 0.6) is 0 Å². The summed E-state index contributed by atoms with van der Waals surface area (Å²) in [6.45, 7) is 1.58. The average molecular weight is 269 g/mol. The number of aliphatic hydroxyl groups excluding tert-OH is 1. The smallest absolute Gasteiger partial charge is 0.247 e. The van der Waals surface area contributed by atoms with Gasteiger partial charge in [-0.2, -0.15) is 0 Å². The Balaban J connectivity index is 2.33. The second-order valence-corrected chi connectivity index (χ2v) is 4.04. The van der Waals surface area contributed by atoms with Crippen molar-refractivity contribution in [1.29, 1.82) is 0 Å². The Morgan fingerprint density at radius 1 is 1.27 bits per heavy atom. The highest BCUT2D eigenvalue weighted by Crippen LogP contribution is 2.22. The maximum Gasteiger partial charge on any atom is 0.247 e. The van der Waals surface area contributed by atoms with Crippen LogP contribution in [0.4, 0.5) is 0 Å². The van der Waals surface area contributed by atoms with Gasteiger partial charge in [0.05, 0.1) is 0 Å². The van der Waals surface area contributed by atoms with Crippen molar-refractivity contribution < 1.29 is 9.52 Å². The van der Waals surface area contributed by atoms with Gasteiger partial charge in [0.15, 0.2) is 0 Å². The summed E-state index contributed by atoms with van der Waals surface area (Å²) in [6.07, 6.45) is -0.735. The van der Waals surface area contributed by atoms with E-state index >= 15 is 0 Å². The zero-order chi connectivity index (χ0) is 10.8. The van der Waals surface area contributed by atoms with Crippen LogP contribution >= 0.6 is 15.9 Å². The average Bonchev–Trinajstić information content (AvgIpc) is 2.68. The van der Waals surface area contributed by atoms with Crippen molar-refractivity contribution in [2.24, 2.45) is 0 Å². The van der Waals surface area contributed by atoms with Crippen molar-refractivity contribution in [1.82, 2.24) is 10.2 Å². The lowest BCUT2D eigenvalue weighted by molar-refractivity contribution is 0.163. The lowest BCUT2D eigenvalue weighted by Crippen LogP contribution is -1.89. The number of hydrogen-bond acceptors (Lipinski definition) is 4. The van der Waals surface area contributed by atoms with Crippen molar-refractivity contribution in [3.05, 3.63) is 34.6 Å². The molecule has 1 aromatic heterocycles. The highest BCUT2D eigenvalue weighted by molar-refractivity contribution is 9.10. The van der Waals surface area contributed by atoms with Crippen molar-refractivity contribution in [2.75, 3.05) is 0 Å². The predicted molar refractivity (Wildman–Crippen MR) is 58.1 cm³/mol. The lowest BCUT2D eigenvalue weighted by atomic mass is 10.2. The van der Waals surface area contributed by atoms with Crippen LogP contribution < -0.4 is 0 Å². The van der Waals surface area contributed by atoms with E-state index in [-0.39, 0.29) is 5.89 Å². The molecule has 2 rings (SSSR count). The minimum absolute atomic E-state index is 0.230. The summed E-state index contributed by atoms with van der Waals surface area (Å²) >= 11 is 3.34. The fourth-order valence-corrected chi connectivity index (χ4v) is 1.38. The first-order chi connectivity index (χ1) is 7.16. The molecular formula is C10H9BrN2O2. The summed E-state index contributed by atoms with van der Waals surface area (Å²) in [4.78, 5) is 0. The van der Waals surface area contributed by atoms with Crippen molar-refractivity contribution in [3.8, 4) is 11.5 Å². The molecule has 0 saturated heterocycles. The van der Waals surface area contributed by atoms with E-state index in [2.05, 4.69) is 26.1 Å². The van der Waals surface area contributed by atoms with Crippen LogP contribution in [-0.2, 0) is 0 Å². The highest BCUT2D eigenvalue weighted by atomic mass is 79.9. The first-order valence-corrected chi connectivity index (χ1v) is 5.23. The molecule has 2 aromatic rings. The molecule has 0 saturated carbocycles. The molecule has 0 bridgehead atoms. The Hall–Kier alpha value is -1.20. The van der Waals surface area contributed by atoms with E-state index in [1.54, 1.807) is 6.92 Å². The van der Waals surface area contributed by atoms with Crippen molar-refractivity contribution in [3.63, 3.8) is 0 Å². The van der Waals surface area contributed by atoms with Crippen LogP contribution in [0.15, 0.2) is 33.2 Å². The number of benzene rings is 1. The molecule has 1 heterocycles. The van der Waals surface area contributed by atoms with Crippen LogP contribution in [-0.4, -0.2) is 15.3 Å². The van der Waals surface area contributed by atoms with E-state index in [9.17, 15) is 5.11 Å². The molecule has 0 aliphatic carbocycles. The second kappa shape index (κ2) is 4.12. The molecule has 1 aromatic carbocycles. The molecule has 1 N–H and O–H groups in total. The Morgan fingerprint density at radius 3 is 2.47 bits per heavy atom. The van der Waals surface area contributed by atoms with Gasteiger partial charge in [0.1, 0.15) is 6.10 Å². The molecule has 0 amide bonds. The van der Waals surface area contributed by atoms with Gasteiger partial charge in [-0.3, -0.25) is 0 Å². The topological polar surface area (TPSA) is 59.2 Å². The third kappa shape index (κ3) is 2.24. The molecule has 0 radical (unpaired) electrons. The summed E-state index contributed by atoms with van der Waals surface area (Å²) < 4.78 is 6.27. The Morgan fingerprint density at radius 2 is 1.93 bits per heavy atom. The molecule has 5 heteroatoms.